The first-order chi connectivity index (χ1) is 13.4. The van der Waals surface area contributed by atoms with E-state index in [0.29, 0.717) is 17.5 Å². The van der Waals surface area contributed by atoms with Crippen LogP contribution in [0.5, 0.6) is 0 Å². The lowest BCUT2D eigenvalue weighted by molar-refractivity contribution is 0.100. The fourth-order valence-electron chi connectivity index (χ4n) is 2.84. The molecule has 1 amide bonds. The van der Waals surface area contributed by atoms with Gasteiger partial charge in [-0.05, 0) is 38.0 Å². The molecule has 6 N–H and O–H groups in total. The van der Waals surface area contributed by atoms with Crippen LogP contribution in [0.1, 0.15) is 30.1 Å². The molecule has 1 aliphatic carbocycles. The predicted molar refractivity (Wildman–Crippen MR) is 104 cm³/mol. The summed E-state index contributed by atoms with van der Waals surface area (Å²) < 4.78 is 0. The van der Waals surface area contributed by atoms with E-state index in [1.807, 2.05) is 31.2 Å². The van der Waals surface area contributed by atoms with Crippen molar-refractivity contribution >= 4 is 23.4 Å². The zero-order valence-electron chi connectivity index (χ0n) is 15.3. The number of rotatable bonds is 7. The number of hydrogen-bond donors (Lipinski definition) is 4. The van der Waals surface area contributed by atoms with E-state index in [9.17, 15) is 4.79 Å². The van der Waals surface area contributed by atoms with Crippen molar-refractivity contribution in [2.45, 2.75) is 31.3 Å². The van der Waals surface area contributed by atoms with Crippen molar-refractivity contribution in [3.63, 3.8) is 0 Å². The molecule has 2 heterocycles. The third kappa shape index (κ3) is 3.62. The summed E-state index contributed by atoms with van der Waals surface area (Å²) in [7, 11) is 0. The Morgan fingerprint density at radius 3 is 2.71 bits per heavy atom. The number of carbonyl (C=O) groups is 1. The van der Waals surface area contributed by atoms with Gasteiger partial charge in [0.1, 0.15) is 11.4 Å². The molecule has 0 saturated heterocycles. The highest BCUT2D eigenvalue weighted by Crippen LogP contribution is 2.36. The molecular formula is C18H21N9O. The van der Waals surface area contributed by atoms with Crippen LogP contribution < -0.4 is 22.1 Å². The molecule has 144 valence electrons. The van der Waals surface area contributed by atoms with Gasteiger partial charge in [0.05, 0.1) is 18.1 Å². The summed E-state index contributed by atoms with van der Waals surface area (Å²) in [4.78, 5) is 21.9. The monoisotopic (exact) mass is 379 g/mol. The van der Waals surface area contributed by atoms with Crippen LogP contribution in [0.25, 0.3) is 5.69 Å². The number of carbonyl (C=O) groups excluding carboxylic acids is 1. The Morgan fingerprint density at radius 2 is 2.04 bits per heavy atom. The van der Waals surface area contributed by atoms with Gasteiger partial charge in [-0.1, -0.05) is 6.07 Å². The van der Waals surface area contributed by atoms with Gasteiger partial charge >= 0.3 is 0 Å². The molecule has 3 aromatic rings. The Bertz CT molecular complexity index is 998. The summed E-state index contributed by atoms with van der Waals surface area (Å²) in [5, 5.41) is 14.6. The minimum absolute atomic E-state index is 0.00833. The molecule has 1 atom stereocenters. The molecule has 1 fully saturated rings. The van der Waals surface area contributed by atoms with Gasteiger partial charge in [0.2, 0.25) is 5.95 Å². The third-order valence-corrected chi connectivity index (χ3v) is 4.85. The molecule has 1 unspecified atom stereocenters. The van der Waals surface area contributed by atoms with E-state index < -0.39 is 5.91 Å². The number of aromatic nitrogens is 5. The van der Waals surface area contributed by atoms with Crippen LogP contribution in [-0.4, -0.2) is 42.4 Å². The molecule has 2 aromatic heterocycles. The molecule has 0 radical (unpaired) electrons. The van der Waals surface area contributed by atoms with E-state index in [0.717, 1.165) is 18.5 Å². The highest BCUT2D eigenvalue weighted by Gasteiger charge is 2.43. The topological polar surface area (TPSA) is 150 Å². The van der Waals surface area contributed by atoms with Crippen LogP contribution in [-0.2, 0) is 0 Å². The Kier molecular flexibility index (Phi) is 4.40. The lowest BCUT2D eigenvalue weighted by Gasteiger charge is -2.21. The van der Waals surface area contributed by atoms with Gasteiger partial charge in [0.25, 0.3) is 5.91 Å². The molecule has 10 nitrogen and oxygen atoms in total. The molecule has 4 rings (SSSR count). The van der Waals surface area contributed by atoms with Crippen LogP contribution >= 0.6 is 0 Å². The molecule has 1 aliphatic rings. The van der Waals surface area contributed by atoms with Crippen LogP contribution in [0.2, 0.25) is 0 Å². The number of nitrogens with zero attached hydrogens (tertiary/aromatic N) is 5. The van der Waals surface area contributed by atoms with Crippen molar-refractivity contribution in [1.82, 2.24) is 25.0 Å². The summed E-state index contributed by atoms with van der Waals surface area (Å²) in [5.74, 6) is 0.0655. The van der Waals surface area contributed by atoms with Crippen molar-refractivity contribution in [2.24, 2.45) is 11.5 Å². The molecule has 1 aromatic carbocycles. The first-order valence-corrected chi connectivity index (χ1v) is 8.91. The highest BCUT2D eigenvalue weighted by molar-refractivity contribution is 5.98. The van der Waals surface area contributed by atoms with Gasteiger partial charge in [-0.3, -0.25) is 4.79 Å². The fraction of sp³-hybridized carbons (Fsp3) is 0.278. The van der Waals surface area contributed by atoms with Gasteiger partial charge in [-0.25, -0.2) is 4.98 Å². The van der Waals surface area contributed by atoms with Crippen molar-refractivity contribution in [2.75, 3.05) is 10.6 Å². The first-order valence-electron chi connectivity index (χ1n) is 8.91. The van der Waals surface area contributed by atoms with E-state index in [-0.39, 0.29) is 17.1 Å². The van der Waals surface area contributed by atoms with Gasteiger partial charge in [0.15, 0.2) is 0 Å². The summed E-state index contributed by atoms with van der Waals surface area (Å²) in [6.07, 6.45) is 6.51. The van der Waals surface area contributed by atoms with Gasteiger partial charge in [0, 0.05) is 23.5 Å². The highest BCUT2D eigenvalue weighted by atomic mass is 16.1. The maximum Gasteiger partial charge on any atom is 0.254 e. The summed E-state index contributed by atoms with van der Waals surface area (Å²) >= 11 is 0. The SMILES string of the molecule is CC(Nc1ncc(C(N)=O)c(Nc2cccc(-n3nccn3)c2)n1)C1(N)CC1. The van der Waals surface area contributed by atoms with Crippen molar-refractivity contribution in [3.05, 3.63) is 48.4 Å². The second-order valence-electron chi connectivity index (χ2n) is 6.91. The van der Waals surface area contributed by atoms with E-state index in [1.165, 1.54) is 11.0 Å². The van der Waals surface area contributed by atoms with Crippen LogP contribution in [0.4, 0.5) is 17.5 Å². The van der Waals surface area contributed by atoms with E-state index >= 15 is 0 Å². The van der Waals surface area contributed by atoms with Crippen LogP contribution in [0.3, 0.4) is 0 Å². The largest absolute Gasteiger partial charge is 0.365 e. The van der Waals surface area contributed by atoms with Gasteiger partial charge < -0.3 is 22.1 Å². The van der Waals surface area contributed by atoms with Crippen LogP contribution in [0, 0.1) is 0 Å². The Labute approximate surface area is 161 Å². The molecule has 0 aliphatic heterocycles. The van der Waals surface area contributed by atoms with Crippen LogP contribution in [0.15, 0.2) is 42.9 Å². The average molecular weight is 379 g/mol. The number of nitrogens with two attached hydrogens (primary N) is 2. The van der Waals surface area contributed by atoms with Crippen molar-refractivity contribution < 1.29 is 4.79 Å². The Morgan fingerprint density at radius 1 is 1.29 bits per heavy atom. The van der Waals surface area contributed by atoms with Crippen molar-refractivity contribution in [1.29, 1.82) is 0 Å². The summed E-state index contributed by atoms with van der Waals surface area (Å²) in [6.45, 7) is 1.99. The lowest BCUT2D eigenvalue weighted by Crippen LogP contribution is -2.40. The molecular weight excluding hydrogens is 358 g/mol. The number of amides is 1. The number of benzene rings is 1. The van der Waals surface area contributed by atoms with E-state index in [4.69, 9.17) is 11.5 Å². The average Bonchev–Trinajstić information content (AvgIpc) is 3.19. The standard InChI is InChI=1S/C18H21N9O/c1-11(18(20)5-6-18)24-17-21-10-14(15(19)28)16(26-17)25-12-3-2-4-13(9-12)27-22-7-8-23-27/h2-4,7-11H,5-6,20H2,1H3,(H2,19,28)(H2,21,24,25,26). The maximum atomic E-state index is 11.8. The molecule has 0 bridgehead atoms. The third-order valence-electron chi connectivity index (χ3n) is 4.85. The van der Waals surface area contributed by atoms with Crippen molar-refractivity contribution in [3.8, 4) is 5.69 Å². The lowest BCUT2D eigenvalue weighted by atomic mass is 10.1. The fourth-order valence-corrected chi connectivity index (χ4v) is 2.84. The zero-order valence-corrected chi connectivity index (χ0v) is 15.3. The zero-order chi connectivity index (χ0) is 19.7. The Hall–Kier alpha value is -3.53. The molecule has 10 heteroatoms. The van der Waals surface area contributed by atoms with E-state index in [1.54, 1.807) is 12.4 Å². The quantitative estimate of drug-likeness (QED) is 0.478. The number of primary amides is 1. The summed E-state index contributed by atoms with van der Waals surface area (Å²) in [6, 6.07) is 7.40. The second-order valence-corrected chi connectivity index (χ2v) is 6.91. The number of nitrogens with one attached hydrogen (secondary N) is 2. The normalized spacial score (nSPS) is 15.6. The molecule has 0 spiro atoms. The van der Waals surface area contributed by atoms with E-state index in [2.05, 4.69) is 30.8 Å². The first kappa shape index (κ1) is 17.9. The predicted octanol–water partition coefficient (Wildman–Crippen LogP) is 1.19. The maximum absolute atomic E-state index is 11.8. The smallest absolute Gasteiger partial charge is 0.254 e. The molecule has 28 heavy (non-hydrogen) atoms. The van der Waals surface area contributed by atoms with Gasteiger partial charge in [-0.2, -0.15) is 20.0 Å². The Balaban J connectivity index is 1.61. The molecule has 1 saturated carbocycles. The second kappa shape index (κ2) is 6.89. The van der Waals surface area contributed by atoms with Gasteiger partial charge in [-0.15, -0.1) is 0 Å². The number of anilines is 3. The minimum atomic E-state index is -0.621. The summed E-state index contributed by atoms with van der Waals surface area (Å²) in [5.41, 5.74) is 13.1. The minimum Gasteiger partial charge on any atom is -0.365 e. The number of hydrogen-bond acceptors (Lipinski definition) is 8.